The van der Waals surface area contributed by atoms with E-state index >= 15 is 0 Å². The topological polar surface area (TPSA) is 42.2 Å². The second kappa shape index (κ2) is 8.28. The van der Waals surface area contributed by atoms with Crippen LogP contribution in [0.15, 0.2) is 65.1 Å². The molecule has 3 nitrogen and oxygen atoms in total. The van der Waals surface area contributed by atoms with E-state index in [4.69, 9.17) is 16.0 Å². The summed E-state index contributed by atoms with van der Waals surface area (Å²) >= 11 is 6.18. The van der Waals surface area contributed by atoms with Gasteiger partial charge in [-0.25, -0.2) is 0 Å². The number of amides is 1. The predicted octanol–water partition coefficient (Wildman–Crippen LogP) is 6.68. The summed E-state index contributed by atoms with van der Waals surface area (Å²) < 4.78 is 5.80. The molecule has 0 saturated carbocycles. The highest BCUT2D eigenvalue weighted by atomic mass is 35.5. The number of anilines is 1. The number of carbonyl (C=O) groups is 1. The Kier molecular flexibility index (Phi) is 5.82. The van der Waals surface area contributed by atoms with Crippen LogP contribution in [-0.2, 0) is 4.79 Å². The molecule has 0 saturated heterocycles. The summed E-state index contributed by atoms with van der Waals surface area (Å²) in [7, 11) is 0. The molecule has 2 aromatic carbocycles. The lowest BCUT2D eigenvalue weighted by Gasteiger charge is -2.12. The van der Waals surface area contributed by atoms with Gasteiger partial charge in [0.1, 0.15) is 11.5 Å². The smallest absolute Gasteiger partial charge is 0.248 e. The zero-order valence-corrected chi connectivity index (χ0v) is 16.4. The van der Waals surface area contributed by atoms with E-state index in [2.05, 4.69) is 19.2 Å². The predicted molar refractivity (Wildman–Crippen MR) is 112 cm³/mol. The first-order valence-electron chi connectivity index (χ1n) is 8.88. The summed E-state index contributed by atoms with van der Waals surface area (Å²) in [6.07, 6.45) is 3.13. The van der Waals surface area contributed by atoms with Crippen LogP contribution in [0.4, 0.5) is 5.69 Å². The van der Waals surface area contributed by atoms with Crippen LogP contribution < -0.4 is 5.32 Å². The summed E-state index contributed by atoms with van der Waals surface area (Å²) in [5, 5.41) is 3.63. The molecule has 0 aliphatic carbocycles. The van der Waals surface area contributed by atoms with Crippen LogP contribution in [0.2, 0.25) is 5.02 Å². The quantitative estimate of drug-likeness (QED) is 0.502. The zero-order chi connectivity index (χ0) is 19.4. The number of halogens is 1. The Morgan fingerprint density at radius 3 is 2.63 bits per heavy atom. The number of carbonyl (C=O) groups excluding carboxylic acids is 1. The lowest BCUT2D eigenvalue weighted by molar-refractivity contribution is -0.111. The molecular weight excluding hydrogens is 358 g/mol. The molecule has 0 fully saturated rings. The highest BCUT2D eigenvalue weighted by Gasteiger charge is 2.08. The van der Waals surface area contributed by atoms with Crippen molar-refractivity contribution in [2.45, 2.75) is 26.7 Å². The Hall–Kier alpha value is -2.78. The van der Waals surface area contributed by atoms with Gasteiger partial charge >= 0.3 is 0 Å². The van der Waals surface area contributed by atoms with Crippen molar-refractivity contribution in [2.75, 3.05) is 5.32 Å². The fourth-order valence-electron chi connectivity index (χ4n) is 2.79. The lowest BCUT2D eigenvalue weighted by Crippen LogP contribution is -2.10. The van der Waals surface area contributed by atoms with Gasteiger partial charge < -0.3 is 9.73 Å². The van der Waals surface area contributed by atoms with Crippen LogP contribution in [0.1, 0.15) is 36.7 Å². The number of rotatable bonds is 5. The Morgan fingerprint density at radius 2 is 1.89 bits per heavy atom. The fourth-order valence-corrected chi connectivity index (χ4v) is 2.97. The third-order valence-corrected chi connectivity index (χ3v) is 4.73. The van der Waals surface area contributed by atoms with Crippen molar-refractivity contribution >= 4 is 29.3 Å². The molecule has 138 valence electrons. The van der Waals surface area contributed by atoms with Crippen molar-refractivity contribution in [3.05, 3.63) is 82.6 Å². The van der Waals surface area contributed by atoms with Crippen molar-refractivity contribution in [1.29, 1.82) is 0 Å². The number of aryl methyl sites for hydroxylation is 1. The molecule has 1 N–H and O–H groups in total. The molecule has 0 spiro atoms. The molecular formula is C23H22ClNO2. The monoisotopic (exact) mass is 379 g/mol. The first kappa shape index (κ1) is 19.0. The third kappa shape index (κ3) is 4.69. The molecule has 0 unspecified atom stereocenters. The zero-order valence-electron chi connectivity index (χ0n) is 15.6. The maximum absolute atomic E-state index is 12.3. The minimum absolute atomic E-state index is 0.195. The molecule has 1 aromatic heterocycles. The largest absolute Gasteiger partial charge is 0.457 e. The highest BCUT2D eigenvalue weighted by molar-refractivity contribution is 6.31. The molecule has 1 heterocycles. The van der Waals surface area contributed by atoms with Gasteiger partial charge in [-0.3, -0.25) is 4.79 Å². The molecule has 0 aliphatic heterocycles. The average Bonchev–Trinajstić information content (AvgIpc) is 3.11. The van der Waals surface area contributed by atoms with E-state index in [-0.39, 0.29) is 5.91 Å². The van der Waals surface area contributed by atoms with E-state index in [0.29, 0.717) is 22.5 Å². The van der Waals surface area contributed by atoms with Gasteiger partial charge in [0.25, 0.3) is 0 Å². The van der Waals surface area contributed by atoms with Gasteiger partial charge in [0, 0.05) is 22.3 Å². The van der Waals surface area contributed by atoms with Crippen LogP contribution >= 0.6 is 11.6 Å². The molecule has 0 radical (unpaired) electrons. The van der Waals surface area contributed by atoms with Crippen molar-refractivity contribution in [3.8, 4) is 11.3 Å². The van der Waals surface area contributed by atoms with E-state index < -0.39 is 0 Å². The van der Waals surface area contributed by atoms with Crippen molar-refractivity contribution in [1.82, 2.24) is 0 Å². The van der Waals surface area contributed by atoms with Crippen molar-refractivity contribution in [2.24, 2.45) is 0 Å². The molecule has 3 rings (SSSR count). The number of furan rings is 1. The molecule has 3 aromatic rings. The summed E-state index contributed by atoms with van der Waals surface area (Å²) in [4.78, 5) is 12.3. The first-order valence-corrected chi connectivity index (χ1v) is 9.26. The average molecular weight is 380 g/mol. The van der Waals surface area contributed by atoms with Crippen LogP contribution in [0, 0.1) is 6.92 Å². The van der Waals surface area contributed by atoms with E-state index in [0.717, 1.165) is 22.4 Å². The van der Waals surface area contributed by atoms with E-state index in [9.17, 15) is 4.79 Å². The number of para-hydroxylation sites is 1. The fraction of sp³-hybridized carbons (Fsp3) is 0.174. The molecule has 0 atom stereocenters. The minimum atomic E-state index is -0.195. The lowest BCUT2D eigenvalue weighted by atomic mass is 10.0. The van der Waals surface area contributed by atoms with Gasteiger partial charge in [-0.2, -0.15) is 0 Å². The maximum Gasteiger partial charge on any atom is 0.248 e. The van der Waals surface area contributed by atoms with Gasteiger partial charge in [0.2, 0.25) is 5.91 Å². The van der Waals surface area contributed by atoms with Crippen molar-refractivity contribution < 1.29 is 9.21 Å². The van der Waals surface area contributed by atoms with Gasteiger partial charge in [-0.1, -0.05) is 55.8 Å². The molecule has 0 bridgehead atoms. The maximum atomic E-state index is 12.3. The second-order valence-corrected chi connectivity index (χ2v) is 7.14. The Balaban J connectivity index is 1.71. The Labute approximate surface area is 164 Å². The second-order valence-electron chi connectivity index (χ2n) is 6.73. The van der Waals surface area contributed by atoms with Gasteiger partial charge in [-0.05, 0) is 54.3 Å². The third-order valence-electron chi connectivity index (χ3n) is 4.32. The van der Waals surface area contributed by atoms with E-state index in [1.54, 1.807) is 6.08 Å². The standard InChI is InChI=1S/C23H22ClNO2/c1-15(2)19-6-4-5-7-21(19)25-23(26)13-11-18-10-12-22(27-18)17-9-8-16(3)20(24)14-17/h4-15H,1-3H3,(H,25,26)/b13-11+. The van der Waals surface area contributed by atoms with Crippen LogP contribution in [0.5, 0.6) is 0 Å². The highest BCUT2D eigenvalue weighted by Crippen LogP contribution is 2.27. The van der Waals surface area contributed by atoms with E-state index in [1.165, 1.54) is 6.08 Å². The summed E-state index contributed by atoms with van der Waals surface area (Å²) in [6.45, 7) is 6.16. The first-order chi connectivity index (χ1) is 12.9. The Morgan fingerprint density at radius 1 is 1.11 bits per heavy atom. The number of nitrogens with one attached hydrogen (secondary N) is 1. The normalized spacial score (nSPS) is 11.3. The van der Waals surface area contributed by atoms with Gasteiger partial charge in [0.15, 0.2) is 0 Å². The molecule has 0 aliphatic rings. The number of hydrogen-bond acceptors (Lipinski definition) is 2. The Bertz CT molecular complexity index is 986. The van der Waals surface area contributed by atoms with Gasteiger partial charge in [0.05, 0.1) is 0 Å². The molecule has 1 amide bonds. The van der Waals surface area contributed by atoms with Crippen molar-refractivity contribution in [3.63, 3.8) is 0 Å². The summed E-state index contributed by atoms with van der Waals surface area (Å²) in [5.41, 5.74) is 3.86. The molecule has 27 heavy (non-hydrogen) atoms. The number of hydrogen-bond donors (Lipinski definition) is 1. The molecule has 4 heteroatoms. The summed E-state index contributed by atoms with van der Waals surface area (Å²) in [6, 6.07) is 17.3. The van der Waals surface area contributed by atoms with Crippen LogP contribution in [0.25, 0.3) is 17.4 Å². The van der Waals surface area contributed by atoms with E-state index in [1.807, 2.05) is 61.5 Å². The number of benzene rings is 2. The summed E-state index contributed by atoms with van der Waals surface area (Å²) in [5.74, 6) is 1.45. The van der Waals surface area contributed by atoms with Crippen LogP contribution in [0.3, 0.4) is 0 Å². The van der Waals surface area contributed by atoms with Gasteiger partial charge in [-0.15, -0.1) is 0 Å². The minimum Gasteiger partial charge on any atom is -0.457 e. The SMILES string of the molecule is Cc1ccc(-c2ccc(/C=C/C(=O)Nc3ccccc3C(C)C)o2)cc1Cl. The van der Waals surface area contributed by atoms with Crippen LogP contribution in [-0.4, -0.2) is 5.91 Å².